The summed E-state index contributed by atoms with van der Waals surface area (Å²) >= 11 is 2.83. The summed E-state index contributed by atoms with van der Waals surface area (Å²) in [4.78, 5) is 8.61. The molecule has 0 amide bonds. The molecule has 0 radical (unpaired) electrons. The Hall–Kier alpha value is -0.660. The van der Waals surface area contributed by atoms with Crippen molar-refractivity contribution in [2.24, 2.45) is 0 Å². The van der Waals surface area contributed by atoms with Gasteiger partial charge in [0.05, 0.1) is 11.6 Å². The van der Waals surface area contributed by atoms with Gasteiger partial charge >= 0.3 is 7.60 Å². The topological polar surface area (TPSA) is 61.3 Å². The number of aromatic nitrogens is 2. The van der Waals surface area contributed by atoms with Gasteiger partial charge in [0.1, 0.15) is 16.4 Å². The first kappa shape index (κ1) is 17.7. The van der Waals surface area contributed by atoms with Gasteiger partial charge in [0, 0.05) is 16.9 Å². The Morgan fingerprint density at radius 2 is 2.05 bits per heavy atom. The lowest BCUT2D eigenvalue weighted by Crippen LogP contribution is -2.02. The number of hydrogen-bond donors (Lipinski definition) is 0. The second-order valence-electron chi connectivity index (χ2n) is 4.32. The van der Waals surface area contributed by atoms with E-state index in [1.165, 1.54) is 11.3 Å². The average Bonchev–Trinajstić information content (AvgIpc) is 3.16. The minimum absolute atomic E-state index is 0.0967. The van der Waals surface area contributed by atoms with Crippen molar-refractivity contribution in [3.63, 3.8) is 0 Å². The molecule has 2 atom stereocenters. The number of hydrogen-bond acceptors (Lipinski definition) is 7. The maximum absolute atomic E-state index is 14.2. The predicted molar refractivity (Wildman–Crippen MR) is 87.3 cm³/mol. The molecule has 2 unspecified atom stereocenters. The molecule has 2 aromatic heterocycles. The van der Waals surface area contributed by atoms with Gasteiger partial charge in [0.25, 0.3) is 6.36 Å². The van der Waals surface area contributed by atoms with E-state index in [1.807, 2.05) is 12.3 Å². The summed E-state index contributed by atoms with van der Waals surface area (Å²) in [6, 6.07) is 0. The first-order valence-electron chi connectivity index (χ1n) is 6.97. The van der Waals surface area contributed by atoms with Crippen molar-refractivity contribution >= 4 is 30.3 Å². The summed E-state index contributed by atoms with van der Waals surface area (Å²) in [5.41, 5.74) is 0.827. The molecule has 0 aromatic carbocycles. The first-order valence-corrected chi connectivity index (χ1v) is 10.5. The molecular weight excluding hydrogens is 346 g/mol. The molecule has 0 saturated carbocycles. The Labute approximate surface area is 137 Å². The Morgan fingerprint density at radius 1 is 1.27 bits per heavy atom. The van der Waals surface area contributed by atoms with Gasteiger partial charge in [0.15, 0.2) is 0 Å². The fourth-order valence-corrected chi connectivity index (χ4v) is 4.42. The maximum atomic E-state index is 14.2. The van der Waals surface area contributed by atoms with Crippen molar-refractivity contribution in [2.45, 2.75) is 33.5 Å². The molecule has 0 bridgehead atoms. The Morgan fingerprint density at radius 3 is 2.64 bits per heavy atom. The third-order valence-electron chi connectivity index (χ3n) is 2.79. The van der Waals surface area contributed by atoms with E-state index in [0.717, 1.165) is 17.1 Å². The van der Waals surface area contributed by atoms with Gasteiger partial charge in [-0.05, 0) is 13.3 Å². The number of rotatable bonds is 8. The smallest absolute Gasteiger partial charge is 0.309 e. The lowest BCUT2D eigenvalue weighted by molar-refractivity contribution is 0.0439. The summed E-state index contributed by atoms with van der Waals surface area (Å²) in [6.45, 7) is 5.56. The zero-order valence-electron chi connectivity index (χ0n) is 12.6. The second kappa shape index (κ2) is 7.75. The molecule has 22 heavy (non-hydrogen) atoms. The van der Waals surface area contributed by atoms with E-state index < -0.39 is 14.0 Å². The van der Waals surface area contributed by atoms with Crippen LogP contribution in [0.15, 0.2) is 10.8 Å². The zero-order chi connectivity index (χ0) is 16.2. The molecule has 0 saturated heterocycles. The van der Waals surface area contributed by atoms with E-state index in [1.54, 1.807) is 30.6 Å². The van der Waals surface area contributed by atoms with Crippen molar-refractivity contribution < 1.29 is 18.0 Å². The van der Waals surface area contributed by atoms with Crippen LogP contribution in [0, 0.1) is 0 Å². The molecule has 0 aliphatic heterocycles. The van der Waals surface area contributed by atoms with E-state index >= 15 is 0 Å². The van der Waals surface area contributed by atoms with Crippen molar-refractivity contribution in [2.75, 3.05) is 12.8 Å². The number of nitrogens with zero attached hydrogens (tertiary/aromatic N) is 2. The van der Waals surface area contributed by atoms with E-state index in [9.17, 15) is 8.96 Å². The van der Waals surface area contributed by atoms with Crippen molar-refractivity contribution in [3.05, 3.63) is 21.5 Å². The standard InChI is InChI=1S/C13H18FN2O3PS2/c1-4-11-15-10(8-21-11)13-16-9(7-22-13)12(14)19-20(17,6-3)18-5-2/h7-8,12H,4-6H2,1-3H3. The average molecular weight is 364 g/mol. The van der Waals surface area contributed by atoms with Gasteiger partial charge in [0.2, 0.25) is 0 Å². The fraction of sp³-hybridized carbons (Fsp3) is 0.538. The highest BCUT2D eigenvalue weighted by atomic mass is 32.1. The molecule has 5 nitrogen and oxygen atoms in total. The van der Waals surface area contributed by atoms with Gasteiger partial charge < -0.3 is 4.52 Å². The molecule has 9 heteroatoms. The molecule has 2 rings (SSSR count). The lowest BCUT2D eigenvalue weighted by Gasteiger charge is -2.17. The highest BCUT2D eigenvalue weighted by Crippen LogP contribution is 2.52. The van der Waals surface area contributed by atoms with Crippen molar-refractivity contribution in [1.29, 1.82) is 0 Å². The Balaban J connectivity index is 2.11. The van der Waals surface area contributed by atoms with E-state index in [-0.39, 0.29) is 18.5 Å². The highest BCUT2D eigenvalue weighted by Gasteiger charge is 2.29. The van der Waals surface area contributed by atoms with Crippen LogP contribution in [0.4, 0.5) is 4.39 Å². The van der Waals surface area contributed by atoms with Crippen LogP contribution in [-0.2, 0) is 20.0 Å². The Bertz CT molecular complexity index is 661. The van der Waals surface area contributed by atoms with Crippen LogP contribution >= 0.6 is 30.3 Å². The predicted octanol–water partition coefficient (Wildman–Crippen LogP) is 5.06. The van der Waals surface area contributed by atoms with Crippen LogP contribution in [0.3, 0.4) is 0 Å². The molecule has 2 heterocycles. The summed E-state index contributed by atoms with van der Waals surface area (Å²) < 4.78 is 36.4. The molecule has 0 aliphatic rings. The molecule has 0 N–H and O–H groups in total. The van der Waals surface area contributed by atoms with E-state index in [2.05, 4.69) is 9.97 Å². The number of alkyl halides is 1. The molecule has 2 aromatic rings. The molecular formula is C13H18FN2O3PS2. The monoisotopic (exact) mass is 364 g/mol. The maximum Gasteiger partial charge on any atom is 0.333 e. The molecule has 0 aliphatic carbocycles. The van der Waals surface area contributed by atoms with Gasteiger partial charge in [-0.3, -0.25) is 9.09 Å². The van der Waals surface area contributed by atoms with Crippen molar-refractivity contribution in [3.8, 4) is 10.7 Å². The molecule has 0 spiro atoms. The fourth-order valence-electron chi connectivity index (χ4n) is 1.67. The quantitative estimate of drug-likeness (QED) is 0.613. The third-order valence-corrected chi connectivity index (χ3v) is 6.60. The first-order chi connectivity index (χ1) is 10.5. The zero-order valence-corrected chi connectivity index (χ0v) is 15.1. The third kappa shape index (κ3) is 4.20. The minimum atomic E-state index is -3.41. The number of halogens is 1. The summed E-state index contributed by atoms with van der Waals surface area (Å²) in [5.74, 6) is 0. The van der Waals surface area contributed by atoms with E-state index in [0.29, 0.717) is 5.01 Å². The summed E-state index contributed by atoms with van der Waals surface area (Å²) in [6.07, 6.45) is -0.901. The number of thiazole rings is 2. The number of aryl methyl sites for hydroxylation is 1. The van der Waals surface area contributed by atoms with Crippen LogP contribution in [-0.4, -0.2) is 22.7 Å². The van der Waals surface area contributed by atoms with Gasteiger partial charge in [-0.15, -0.1) is 22.7 Å². The largest absolute Gasteiger partial charge is 0.333 e. The Kier molecular flexibility index (Phi) is 6.23. The summed E-state index contributed by atoms with van der Waals surface area (Å²) in [7, 11) is -3.41. The second-order valence-corrected chi connectivity index (χ2v) is 8.45. The van der Waals surface area contributed by atoms with Crippen LogP contribution in [0.5, 0.6) is 0 Å². The minimum Gasteiger partial charge on any atom is -0.309 e. The molecule has 0 fully saturated rings. The normalized spacial score (nSPS) is 15.6. The van der Waals surface area contributed by atoms with E-state index in [4.69, 9.17) is 9.05 Å². The lowest BCUT2D eigenvalue weighted by atomic mass is 10.4. The highest BCUT2D eigenvalue weighted by molar-refractivity contribution is 7.53. The van der Waals surface area contributed by atoms with Gasteiger partial charge in [-0.1, -0.05) is 13.8 Å². The summed E-state index contributed by atoms with van der Waals surface area (Å²) in [5, 5.41) is 5.08. The SMILES string of the molecule is CCOP(=O)(CC)OC(F)c1csc(-c2csc(CC)n2)n1. The van der Waals surface area contributed by atoms with Crippen molar-refractivity contribution in [1.82, 2.24) is 9.97 Å². The van der Waals surface area contributed by atoms with Crippen LogP contribution in [0.1, 0.15) is 37.8 Å². The van der Waals surface area contributed by atoms with Crippen LogP contribution in [0.2, 0.25) is 0 Å². The van der Waals surface area contributed by atoms with Gasteiger partial charge in [-0.2, -0.15) is 0 Å². The van der Waals surface area contributed by atoms with Crippen LogP contribution in [0.25, 0.3) is 10.7 Å². The van der Waals surface area contributed by atoms with Gasteiger partial charge in [-0.25, -0.2) is 14.4 Å². The van der Waals surface area contributed by atoms with Crippen LogP contribution < -0.4 is 0 Å². The molecule has 122 valence electrons.